The normalized spacial score (nSPS) is 11.7. The number of furan rings is 1. The summed E-state index contributed by atoms with van der Waals surface area (Å²) >= 11 is 5.65. The van der Waals surface area contributed by atoms with E-state index in [0.29, 0.717) is 5.58 Å². The van der Waals surface area contributed by atoms with Crippen LogP contribution in [-0.2, 0) is 0 Å². The van der Waals surface area contributed by atoms with E-state index in [1.54, 1.807) is 12.3 Å². The topological polar surface area (TPSA) is 54.6 Å². The van der Waals surface area contributed by atoms with Crippen molar-refractivity contribution >= 4 is 83.2 Å². The number of rotatable bonds is 3. The first-order chi connectivity index (χ1) is 14.6. The molecule has 4 nitrogen and oxygen atoms in total. The van der Waals surface area contributed by atoms with Gasteiger partial charge < -0.3 is 4.42 Å². The first kappa shape index (κ1) is 19.3. The summed E-state index contributed by atoms with van der Waals surface area (Å²) in [4.78, 5) is 12.6. The number of halogens is 2. The molecule has 5 aromatic rings. The maximum Gasteiger partial charge on any atom is 0.307 e. The lowest BCUT2D eigenvalue weighted by molar-refractivity contribution is 0.0929. The second-order valence-corrected chi connectivity index (χ2v) is 8.93. The van der Waals surface area contributed by atoms with E-state index in [1.807, 2.05) is 36.4 Å². The predicted octanol–water partition coefficient (Wildman–Crippen LogP) is 6.87. The molecule has 30 heavy (non-hydrogen) atoms. The van der Waals surface area contributed by atoms with Gasteiger partial charge in [-0.05, 0) is 68.4 Å². The van der Waals surface area contributed by atoms with Gasteiger partial charge in [0, 0.05) is 15.4 Å². The second kappa shape index (κ2) is 7.85. The molecule has 0 atom stereocenters. The van der Waals surface area contributed by atoms with Crippen LogP contribution in [0.5, 0.6) is 0 Å². The maximum absolute atomic E-state index is 12.6. The van der Waals surface area contributed by atoms with Crippen molar-refractivity contribution < 1.29 is 9.21 Å². The largest absolute Gasteiger partial charge is 0.450 e. The van der Waals surface area contributed by atoms with Crippen LogP contribution in [0.25, 0.3) is 32.5 Å². The van der Waals surface area contributed by atoms with Crippen molar-refractivity contribution in [2.24, 2.45) is 5.10 Å². The van der Waals surface area contributed by atoms with Crippen molar-refractivity contribution in [2.75, 3.05) is 0 Å². The summed E-state index contributed by atoms with van der Waals surface area (Å²) in [5.41, 5.74) is 4.25. The minimum Gasteiger partial charge on any atom is -0.450 e. The van der Waals surface area contributed by atoms with Gasteiger partial charge in [0.15, 0.2) is 5.76 Å². The zero-order valence-corrected chi connectivity index (χ0v) is 19.3. The van der Waals surface area contributed by atoms with Crippen LogP contribution in [0.4, 0.5) is 0 Å². The first-order valence-corrected chi connectivity index (χ1v) is 11.1. The Labute approximate surface area is 194 Å². The van der Waals surface area contributed by atoms with Crippen LogP contribution in [0.2, 0.25) is 0 Å². The number of hydrogen-bond acceptors (Lipinski definition) is 3. The van der Waals surface area contributed by atoms with Crippen LogP contribution >= 0.6 is 38.5 Å². The lowest BCUT2D eigenvalue weighted by Gasteiger charge is -2.07. The number of hydrogen-bond donors (Lipinski definition) is 1. The van der Waals surface area contributed by atoms with Crippen LogP contribution in [0, 0.1) is 3.57 Å². The lowest BCUT2D eigenvalue weighted by atomic mass is 9.97. The highest BCUT2D eigenvalue weighted by molar-refractivity contribution is 14.1. The van der Waals surface area contributed by atoms with Crippen LogP contribution < -0.4 is 5.43 Å². The predicted molar refractivity (Wildman–Crippen MR) is 133 cm³/mol. The monoisotopic (exact) mass is 568 g/mol. The SMILES string of the molecule is O=C(N/N=C\c1c2ccccc2cc2ccccc12)c1cc2cc(Br)cc(I)c2o1. The van der Waals surface area contributed by atoms with Gasteiger partial charge in [-0.15, -0.1) is 0 Å². The fraction of sp³-hybridized carbons (Fsp3) is 0. The van der Waals surface area contributed by atoms with Crippen LogP contribution in [0.3, 0.4) is 0 Å². The summed E-state index contributed by atoms with van der Waals surface area (Å²) in [5.74, 6) is -0.167. The van der Waals surface area contributed by atoms with Crippen molar-refractivity contribution in [1.82, 2.24) is 5.43 Å². The van der Waals surface area contributed by atoms with E-state index in [9.17, 15) is 4.79 Å². The average Bonchev–Trinajstić information content (AvgIpc) is 3.17. The lowest BCUT2D eigenvalue weighted by Crippen LogP contribution is -2.16. The van der Waals surface area contributed by atoms with Crippen molar-refractivity contribution in [3.8, 4) is 0 Å². The van der Waals surface area contributed by atoms with Gasteiger partial charge in [0.25, 0.3) is 0 Å². The number of amides is 1. The summed E-state index contributed by atoms with van der Waals surface area (Å²) in [6, 6.07) is 24.0. The number of hydrazone groups is 1. The Hall–Kier alpha value is -2.71. The fourth-order valence-corrected chi connectivity index (χ4v) is 5.25. The molecule has 0 saturated carbocycles. The molecular formula is C24H14BrIN2O2. The molecular weight excluding hydrogens is 555 g/mol. The number of fused-ring (bicyclic) bond motifs is 3. The third-order valence-corrected chi connectivity index (χ3v) is 6.19. The number of nitrogens with zero attached hydrogens (tertiary/aromatic N) is 1. The molecule has 5 rings (SSSR count). The standard InChI is InChI=1S/C24H14BrIN2O2/c25-17-10-16-11-22(30-23(16)21(26)12-17)24(29)28-27-13-20-18-7-3-1-5-14(18)9-15-6-2-4-8-19(15)20/h1-13H,(H,28,29)/b27-13-. The zero-order chi connectivity index (χ0) is 20.7. The molecule has 6 heteroatoms. The molecule has 1 aromatic heterocycles. The Morgan fingerprint density at radius 2 is 1.60 bits per heavy atom. The van der Waals surface area contributed by atoms with Gasteiger partial charge in [-0.25, -0.2) is 5.43 Å². The fourth-order valence-electron chi connectivity index (χ4n) is 3.59. The number of nitrogens with one attached hydrogen (secondary N) is 1. The highest BCUT2D eigenvalue weighted by Crippen LogP contribution is 2.29. The molecule has 1 heterocycles. The molecule has 0 aliphatic carbocycles. The molecule has 0 bridgehead atoms. The molecule has 0 fully saturated rings. The Morgan fingerprint density at radius 3 is 2.30 bits per heavy atom. The van der Waals surface area contributed by atoms with Crippen molar-refractivity contribution in [3.63, 3.8) is 0 Å². The Morgan fingerprint density at radius 1 is 0.933 bits per heavy atom. The van der Waals surface area contributed by atoms with Crippen LogP contribution in [-0.4, -0.2) is 12.1 Å². The number of carbonyl (C=O) groups is 1. The van der Waals surface area contributed by atoms with Gasteiger partial charge in [-0.2, -0.15) is 5.10 Å². The van der Waals surface area contributed by atoms with E-state index in [0.717, 1.165) is 40.5 Å². The zero-order valence-electron chi connectivity index (χ0n) is 15.5. The van der Waals surface area contributed by atoms with Gasteiger partial charge in [-0.3, -0.25) is 4.79 Å². The number of benzene rings is 4. The van der Waals surface area contributed by atoms with Crippen molar-refractivity contribution in [2.45, 2.75) is 0 Å². The highest BCUT2D eigenvalue weighted by Gasteiger charge is 2.14. The molecule has 146 valence electrons. The average molecular weight is 569 g/mol. The Bertz CT molecular complexity index is 1420. The second-order valence-electron chi connectivity index (χ2n) is 6.85. The van der Waals surface area contributed by atoms with Crippen LogP contribution in [0.15, 0.2) is 86.8 Å². The van der Waals surface area contributed by atoms with E-state index < -0.39 is 0 Å². The van der Waals surface area contributed by atoms with Crippen LogP contribution in [0.1, 0.15) is 16.1 Å². The van der Waals surface area contributed by atoms with Gasteiger partial charge in [-0.1, -0.05) is 64.5 Å². The van der Waals surface area contributed by atoms with Gasteiger partial charge >= 0.3 is 5.91 Å². The highest BCUT2D eigenvalue weighted by atomic mass is 127. The summed E-state index contributed by atoms with van der Waals surface area (Å²) in [6.07, 6.45) is 1.70. The van der Waals surface area contributed by atoms with E-state index in [2.05, 4.69) is 79.4 Å². The smallest absolute Gasteiger partial charge is 0.307 e. The minimum atomic E-state index is -0.390. The molecule has 0 saturated heterocycles. The summed E-state index contributed by atoms with van der Waals surface area (Å²) in [7, 11) is 0. The summed E-state index contributed by atoms with van der Waals surface area (Å²) in [6.45, 7) is 0. The van der Waals surface area contributed by atoms with Gasteiger partial charge in [0.05, 0.1) is 9.78 Å². The van der Waals surface area contributed by atoms with Crippen molar-refractivity contribution in [3.05, 3.63) is 92.2 Å². The molecule has 0 spiro atoms. The van der Waals surface area contributed by atoms with E-state index in [1.165, 1.54) is 0 Å². The van der Waals surface area contributed by atoms with E-state index >= 15 is 0 Å². The molecule has 0 aliphatic heterocycles. The molecule has 4 aromatic carbocycles. The summed E-state index contributed by atoms with van der Waals surface area (Å²) < 4.78 is 7.61. The van der Waals surface area contributed by atoms with E-state index in [4.69, 9.17) is 4.42 Å². The summed E-state index contributed by atoms with van der Waals surface area (Å²) in [5, 5.41) is 9.51. The molecule has 0 radical (unpaired) electrons. The maximum atomic E-state index is 12.6. The Kier molecular flexibility index (Phi) is 5.04. The van der Waals surface area contributed by atoms with Gasteiger partial charge in [0.2, 0.25) is 0 Å². The quantitative estimate of drug-likeness (QED) is 0.112. The van der Waals surface area contributed by atoms with Gasteiger partial charge in [0.1, 0.15) is 5.58 Å². The molecule has 1 N–H and O–H groups in total. The molecule has 0 aliphatic rings. The first-order valence-electron chi connectivity index (χ1n) is 9.22. The van der Waals surface area contributed by atoms with Crippen molar-refractivity contribution in [1.29, 1.82) is 0 Å². The molecule has 0 unspecified atom stereocenters. The Balaban J connectivity index is 1.49. The third-order valence-electron chi connectivity index (χ3n) is 4.93. The molecule has 1 amide bonds. The third kappa shape index (κ3) is 3.50. The van der Waals surface area contributed by atoms with E-state index in [-0.39, 0.29) is 11.7 Å². The minimum absolute atomic E-state index is 0.223. The number of carbonyl (C=O) groups excluding carboxylic acids is 1.